The minimum absolute atomic E-state index is 0.0964. The number of rotatable bonds is 5. The molecule has 2 unspecified atom stereocenters. The lowest BCUT2D eigenvalue weighted by Crippen LogP contribution is -2.48. The molecule has 17 heavy (non-hydrogen) atoms. The highest BCUT2D eigenvalue weighted by Gasteiger charge is 2.31. The van der Waals surface area contributed by atoms with Gasteiger partial charge in [-0.15, -0.1) is 0 Å². The number of carbonyl (C=O) groups excluding carboxylic acids is 1. The van der Waals surface area contributed by atoms with Gasteiger partial charge < -0.3 is 21.3 Å². The van der Waals surface area contributed by atoms with Crippen molar-refractivity contribution in [2.75, 3.05) is 6.54 Å². The molecule has 6 heteroatoms. The van der Waals surface area contributed by atoms with Gasteiger partial charge >= 0.3 is 5.97 Å². The molecule has 0 fully saturated rings. The minimum atomic E-state index is -1.96. The van der Waals surface area contributed by atoms with Crippen LogP contribution in [-0.4, -0.2) is 40.3 Å². The highest BCUT2D eigenvalue weighted by molar-refractivity contribution is 5.80. The lowest BCUT2D eigenvalue weighted by Gasteiger charge is -2.27. The predicted molar refractivity (Wildman–Crippen MR) is 63.3 cm³/mol. The Bertz CT molecular complexity index is 294. The van der Waals surface area contributed by atoms with Gasteiger partial charge in [-0.3, -0.25) is 4.79 Å². The van der Waals surface area contributed by atoms with Crippen molar-refractivity contribution in [3.05, 3.63) is 0 Å². The number of nitrogens with one attached hydrogen (secondary N) is 1. The fourth-order valence-electron chi connectivity index (χ4n) is 0.924. The Balaban J connectivity index is 4.18. The second-order valence-corrected chi connectivity index (χ2v) is 5.53. The van der Waals surface area contributed by atoms with Crippen LogP contribution >= 0.6 is 0 Å². The standard InChI is InChI=1S/C11H22N2O4/c1-10(2,3)7(12)5-8(14)13-6-11(4,17)9(15)16/h7,17H,5-6,12H2,1-4H3,(H,13,14)(H,15,16). The normalized spacial score (nSPS) is 17.1. The molecule has 0 aromatic rings. The zero-order valence-corrected chi connectivity index (χ0v) is 10.8. The van der Waals surface area contributed by atoms with Gasteiger partial charge in [0, 0.05) is 12.5 Å². The molecule has 6 nitrogen and oxygen atoms in total. The van der Waals surface area contributed by atoms with E-state index >= 15 is 0 Å². The maximum absolute atomic E-state index is 11.5. The highest BCUT2D eigenvalue weighted by Crippen LogP contribution is 2.19. The van der Waals surface area contributed by atoms with Crippen LogP contribution in [0.5, 0.6) is 0 Å². The lowest BCUT2D eigenvalue weighted by molar-refractivity contribution is -0.156. The van der Waals surface area contributed by atoms with Gasteiger partial charge in [-0.25, -0.2) is 4.79 Å². The number of carboxylic acid groups (broad SMARTS) is 1. The number of hydrogen-bond donors (Lipinski definition) is 4. The van der Waals surface area contributed by atoms with E-state index in [1.54, 1.807) is 0 Å². The quantitative estimate of drug-likeness (QED) is 0.532. The second-order valence-electron chi connectivity index (χ2n) is 5.53. The first-order chi connectivity index (χ1) is 7.47. The number of aliphatic carboxylic acids is 1. The summed E-state index contributed by atoms with van der Waals surface area (Å²) in [5, 5.41) is 20.4. The molecule has 5 N–H and O–H groups in total. The molecular weight excluding hydrogens is 224 g/mol. The van der Waals surface area contributed by atoms with Gasteiger partial charge in [0.15, 0.2) is 5.60 Å². The zero-order valence-electron chi connectivity index (χ0n) is 10.8. The summed E-state index contributed by atoms with van der Waals surface area (Å²) >= 11 is 0. The van der Waals surface area contributed by atoms with E-state index in [0.29, 0.717) is 0 Å². The van der Waals surface area contributed by atoms with E-state index < -0.39 is 11.6 Å². The number of nitrogens with two attached hydrogens (primary N) is 1. The van der Waals surface area contributed by atoms with E-state index in [1.165, 1.54) is 0 Å². The summed E-state index contributed by atoms with van der Waals surface area (Å²) in [6.07, 6.45) is 0.0964. The third-order valence-electron chi connectivity index (χ3n) is 2.61. The SMILES string of the molecule is CC(O)(CNC(=O)CC(N)C(C)(C)C)C(=O)O. The predicted octanol–water partition coefficient (Wildman–Crippen LogP) is -0.298. The maximum atomic E-state index is 11.5. The molecule has 0 aliphatic heterocycles. The molecule has 0 heterocycles. The Labute approximate surface area is 101 Å². The van der Waals surface area contributed by atoms with Crippen LogP contribution in [-0.2, 0) is 9.59 Å². The van der Waals surface area contributed by atoms with Crippen LogP contribution in [0.1, 0.15) is 34.1 Å². The van der Waals surface area contributed by atoms with E-state index in [4.69, 9.17) is 10.8 Å². The monoisotopic (exact) mass is 246 g/mol. The topological polar surface area (TPSA) is 113 Å². The van der Waals surface area contributed by atoms with Gasteiger partial charge in [-0.1, -0.05) is 20.8 Å². The molecule has 0 aromatic carbocycles. The molecule has 100 valence electrons. The minimum Gasteiger partial charge on any atom is -0.479 e. The summed E-state index contributed by atoms with van der Waals surface area (Å²) in [4.78, 5) is 22.1. The Kier molecular flexibility index (Phi) is 5.10. The van der Waals surface area contributed by atoms with E-state index in [-0.39, 0.29) is 30.3 Å². The van der Waals surface area contributed by atoms with Gasteiger partial charge in [0.1, 0.15) is 0 Å². The average molecular weight is 246 g/mol. The van der Waals surface area contributed by atoms with Crippen LogP contribution < -0.4 is 11.1 Å². The second kappa shape index (κ2) is 5.46. The lowest BCUT2D eigenvalue weighted by atomic mass is 9.85. The van der Waals surface area contributed by atoms with Gasteiger partial charge in [-0.05, 0) is 12.3 Å². The Hall–Kier alpha value is -1.14. The van der Waals surface area contributed by atoms with Crippen LogP contribution in [0.2, 0.25) is 0 Å². The van der Waals surface area contributed by atoms with Crippen molar-refractivity contribution < 1.29 is 19.8 Å². The van der Waals surface area contributed by atoms with Crippen LogP contribution in [0.4, 0.5) is 0 Å². The van der Waals surface area contributed by atoms with Crippen molar-refractivity contribution in [2.45, 2.75) is 45.8 Å². The summed E-state index contributed by atoms with van der Waals surface area (Å²) in [6.45, 7) is 6.53. The van der Waals surface area contributed by atoms with Crippen LogP contribution in [0.15, 0.2) is 0 Å². The average Bonchev–Trinajstić information content (AvgIpc) is 2.13. The molecule has 0 aliphatic rings. The van der Waals surface area contributed by atoms with Gasteiger partial charge in [0.2, 0.25) is 5.91 Å². The van der Waals surface area contributed by atoms with Crippen LogP contribution in [0, 0.1) is 5.41 Å². The summed E-state index contributed by atoms with van der Waals surface area (Å²) in [5.74, 6) is -1.74. The molecule has 0 rings (SSSR count). The number of carboxylic acids is 1. The van der Waals surface area contributed by atoms with Crippen molar-refractivity contribution in [3.63, 3.8) is 0 Å². The zero-order chi connectivity index (χ0) is 13.9. The first-order valence-electron chi connectivity index (χ1n) is 5.45. The summed E-state index contributed by atoms with van der Waals surface area (Å²) in [7, 11) is 0. The Morgan fingerprint density at radius 2 is 1.76 bits per heavy atom. The number of carbonyl (C=O) groups is 2. The largest absolute Gasteiger partial charge is 0.479 e. The maximum Gasteiger partial charge on any atom is 0.337 e. The molecule has 0 spiro atoms. The fraction of sp³-hybridized carbons (Fsp3) is 0.818. The first kappa shape index (κ1) is 15.9. The Morgan fingerprint density at radius 3 is 2.12 bits per heavy atom. The van der Waals surface area contributed by atoms with Crippen molar-refractivity contribution >= 4 is 11.9 Å². The van der Waals surface area contributed by atoms with E-state index in [2.05, 4.69) is 5.32 Å². The van der Waals surface area contributed by atoms with Gasteiger partial charge in [-0.2, -0.15) is 0 Å². The molecule has 1 amide bonds. The number of aliphatic hydroxyl groups is 1. The molecule has 0 saturated heterocycles. The summed E-state index contributed by atoms with van der Waals surface area (Å²) < 4.78 is 0. The molecular formula is C11H22N2O4. The van der Waals surface area contributed by atoms with E-state index in [9.17, 15) is 14.7 Å². The molecule has 0 radical (unpaired) electrons. The van der Waals surface area contributed by atoms with Crippen molar-refractivity contribution in [1.82, 2.24) is 5.32 Å². The summed E-state index contributed by atoms with van der Waals surface area (Å²) in [6, 6.07) is -0.322. The third-order valence-corrected chi connectivity index (χ3v) is 2.61. The van der Waals surface area contributed by atoms with Crippen molar-refractivity contribution in [2.24, 2.45) is 11.1 Å². The fourth-order valence-corrected chi connectivity index (χ4v) is 0.924. The molecule has 0 bridgehead atoms. The van der Waals surface area contributed by atoms with E-state index in [1.807, 2.05) is 20.8 Å². The first-order valence-corrected chi connectivity index (χ1v) is 5.45. The number of amides is 1. The Morgan fingerprint density at radius 1 is 1.29 bits per heavy atom. The van der Waals surface area contributed by atoms with Crippen LogP contribution in [0.25, 0.3) is 0 Å². The number of hydrogen-bond acceptors (Lipinski definition) is 4. The van der Waals surface area contributed by atoms with E-state index in [0.717, 1.165) is 6.92 Å². The molecule has 2 atom stereocenters. The molecule has 0 aliphatic carbocycles. The summed E-state index contributed by atoms with van der Waals surface area (Å²) in [5.41, 5.74) is 3.65. The van der Waals surface area contributed by atoms with Gasteiger partial charge in [0.05, 0.1) is 6.54 Å². The smallest absolute Gasteiger partial charge is 0.337 e. The molecule has 0 saturated carbocycles. The van der Waals surface area contributed by atoms with Crippen molar-refractivity contribution in [3.8, 4) is 0 Å². The third kappa shape index (κ3) is 5.65. The van der Waals surface area contributed by atoms with Crippen molar-refractivity contribution in [1.29, 1.82) is 0 Å². The van der Waals surface area contributed by atoms with Crippen LogP contribution in [0.3, 0.4) is 0 Å². The van der Waals surface area contributed by atoms with Gasteiger partial charge in [0.25, 0.3) is 0 Å². The highest BCUT2D eigenvalue weighted by atomic mass is 16.4. The molecule has 0 aromatic heterocycles.